The second kappa shape index (κ2) is 5.71. The van der Waals surface area contributed by atoms with Gasteiger partial charge in [0.2, 0.25) is 0 Å². The minimum atomic E-state index is -0.990. The summed E-state index contributed by atoms with van der Waals surface area (Å²) in [5.41, 5.74) is 0.772. The largest absolute Gasteiger partial charge is 0.480 e. The number of likely N-dealkylation sites (tertiary alicyclic amines) is 1. The first kappa shape index (κ1) is 15.0. The van der Waals surface area contributed by atoms with E-state index in [4.69, 9.17) is 0 Å². The van der Waals surface area contributed by atoms with Crippen LogP contribution in [0.25, 0.3) is 0 Å². The number of benzene rings is 1. The normalized spacial score (nSPS) is 27.5. The molecular weight excluding hydrogens is 285 g/mol. The van der Waals surface area contributed by atoms with Crippen molar-refractivity contribution in [2.75, 3.05) is 0 Å². The third kappa shape index (κ3) is 2.49. The zero-order valence-electron chi connectivity index (χ0n) is 12.6. The van der Waals surface area contributed by atoms with Crippen LogP contribution in [0, 0.1) is 18.7 Å². The van der Waals surface area contributed by atoms with E-state index < -0.39 is 23.7 Å². The van der Waals surface area contributed by atoms with Crippen molar-refractivity contribution in [3.05, 3.63) is 35.1 Å². The van der Waals surface area contributed by atoms with Gasteiger partial charge >= 0.3 is 5.97 Å². The molecule has 1 aliphatic heterocycles. The van der Waals surface area contributed by atoms with Crippen LogP contribution in [0.15, 0.2) is 18.2 Å². The summed E-state index contributed by atoms with van der Waals surface area (Å²) < 4.78 is 14.0. The van der Waals surface area contributed by atoms with Crippen molar-refractivity contribution in [2.24, 2.45) is 5.92 Å². The minimum absolute atomic E-state index is 0.0162. The minimum Gasteiger partial charge on any atom is -0.480 e. The Labute approximate surface area is 128 Å². The van der Waals surface area contributed by atoms with Gasteiger partial charge in [0, 0.05) is 6.04 Å². The molecule has 3 atom stereocenters. The van der Waals surface area contributed by atoms with E-state index in [0.29, 0.717) is 6.42 Å². The molecule has 1 N–H and O–H groups in total. The van der Waals surface area contributed by atoms with Crippen LogP contribution < -0.4 is 0 Å². The summed E-state index contributed by atoms with van der Waals surface area (Å²) in [5.74, 6) is -1.83. The lowest BCUT2D eigenvalue weighted by Gasteiger charge is -2.33. The summed E-state index contributed by atoms with van der Waals surface area (Å²) in [5, 5.41) is 9.46. The Balaban J connectivity index is 1.97. The van der Waals surface area contributed by atoms with Crippen LogP contribution in [0.3, 0.4) is 0 Å². The third-order valence-electron chi connectivity index (χ3n) is 4.96. The molecule has 1 aliphatic carbocycles. The first-order valence-corrected chi connectivity index (χ1v) is 7.80. The van der Waals surface area contributed by atoms with Crippen LogP contribution >= 0.6 is 0 Å². The van der Waals surface area contributed by atoms with E-state index in [0.717, 1.165) is 31.2 Å². The molecule has 2 fully saturated rings. The van der Waals surface area contributed by atoms with E-state index in [9.17, 15) is 19.1 Å². The topological polar surface area (TPSA) is 57.6 Å². The Morgan fingerprint density at radius 2 is 2.00 bits per heavy atom. The van der Waals surface area contributed by atoms with Gasteiger partial charge in [-0.15, -0.1) is 0 Å². The molecule has 1 saturated heterocycles. The molecule has 1 aromatic rings. The number of amides is 1. The first-order valence-electron chi connectivity index (χ1n) is 7.80. The van der Waals surface area contributed by atoms with Gasteiger partial charge in [0.1, 0.15) is 11.9 Å². The molecule has 22 heavy (non-hydrogen) atoms. The molecule has 0 radical (unpaired) electrons. The number of carbonyl (C=O) groups excluding carboxylic acids is 1. The fourth-order valence-corrected chi connectivity index (χ4v) is 3.91. The summed E-state index contributed by atoms with van der Waals surface area (Å²) in [6.07, 6.45) is 4.32. The number of carboxylic acids is 1. The molecule has 3 rings (SSSR count). The Morgan fingerprint density at radius 3 is 2.73 bits per heavy atom. The van der Waals surface area contributed by atoms with Gasteiger partial charge in [-0.2, -0.15) is 0 Å². The van der Waals surface area contributed by atoms with Crippen molar-refractivity contribution in [3.63, 3.8) is 0 Å². The third-order valence-corrected chi connectivity index (χ3v) is 4.96. The predicted molar refractivity (Wildman–Crippen MR) is 79.1 cm³/mol. The zero-order chi connectivity index (χ0) is 15.9. The number of aliphatic carboxylic acids is 1. The smallest absolute Gasteiger partial charge is 0.326 e. The lowest BCUT2D eigenvalue weighted by Crippen LogP contribution is -2.46. The number of aryl methyl sites for hydroxylation is 1. The molecule has 1 amide bonds. The van der Waals surface area contributed by atoms with Crippen molar-refractivity contribution >= 4 is 11.9 Å². The monoisotopic (exact) mass is 305 g/mol. The highest BCUT2D eigenvalue weighted by Gasteiger charge is 2.48. The van der Waals surface area contributed by atoms with Crippen LogP contribution in [-0.2, 0) is 4.79 Å². The van der Waals surface area contributed by atoms with E-state index >= 15 is 0 Å². The van der Waals surface area contributed by atoms with Crippen molar-refractivity contribution in [3.8, 4) is 0 Å². The molecule has 2 aliphatic rings. The zero-order valence-corrected chi connectivity index (χ0v) is 12.6. The lowest BCUT2D eigenvalue weighted by atomic mass is 9.84. The molecule has 5 heteroatoms. The maximum Gasteiger partial charge on any atom is 0.326 e. The van der Waals surface area contributed by atoms with Crippen LogP contribution in [0.2, 0.25) is 0 Å². The summed E-state index contributed by atoms with van der Waals surface area (Å²) in [6.45, 7) is 1.79. The highest BCUT2D eigenvalue weighted by Crippen LogP contribution is 2.40. The van der Waals surface area contributed by atoms with E-state index in [1.807, 2.05) is 0 Å². The lowest BCUT2D eigenvalue weighted by molar-refractivity contribution is -0.141. The predicted octanol–water partition coefficient (Wildman–Crippen LogP) is 2.99. The SMILES string of the molecule is Cc1ccc(F)c(C(=O)N2C(C(=O)O)CC3CCCCC32)c1. The quantitative estimate of drug-likeness (QED) is 0.914. The molecular formula is C17H20FNO3. The van der Waals surface area contributed by atoms with E-state index in [2.05, 4.69) is 0 Å². The maximum absolute atomic E-state index is 14.0. The van der Waals surface area contributed by atoms with Crippen LogP contribution in [0.4, 0.5) is 4.39 Å². The second-order valence-corrected chi connectivity index (χ2v) is 6.40. The average molecular weight is 305 g/mol. The number of hydrogen-bond acceptors (Lipinski definition) is 2. The highest BCUT2D eigenvalue weighted by atomic mass is 19.1. The van der Waals surface area contributed by atoms with Gasteiger partial charge < -0.3 is 10.0 Å². The Bertz CT molecular complexity index is 616. The molecule has 0 aromatic heterocycles. The number of fused-ring (bicyclic) bond motifs is 1. The Morgan fingerprint density at radius 1 is 1.27 bits per heavy atom. The molecule has 118 valence electrons. The van der Waals surface area contributed by atoms with Crippen LogP contribution in [0.5, 0.6) is 0 Å². The van der Waals surface area contributed by atoms with Gasteiger partial charge in [-0.1, -0.05) is 24.5 Å². The molecule has 4 nitrogen and oxygen atoms in total. The van der Waals surface area contributed by atoms with Gasteiger partial charge in [-0.3, -0.25) is 4.79 Å². The Hall–Kier alpha value is -1.91. The average Bonchev–Trinajstić information content (AvgIpc) is 2.88. The number of halogens is 1. The summed E-state index contributed by atoms with van der Waals surface area (Å²) >= 11 is 0. The number of nitrogens with zero attached hydrogens (tertiary/aromatic N) is 1. The highest BCUT2D eigenvalue weighted by molar-refractivity contribution is 5.97. The van der Waals surface area contributed by atoms with Crippen molar-refractivity contribution in [2.45, 2.75) is 51.1 Å². The molecule has 1 aromatic carbocycles. The van der Waals surface area contributed by atoms with Crippen molar-refractivity contribution in [1.29, 1.82) is 0 Å². The summed E-state index contributed by atoms with van der Waals surface area (Å²) in [4.78, 5) is 25.8. The van der Waals surface area contributed by atoms with Crippen LogP contribution in [0.1, 0.15) is 48.0 Å². The molecule has 0 bridgehead atoms. The summed E-state index contributed by atoms with van der Waals surface area (Å²) in [7, 11) is 0. The van der Waals surface area contributed by atoms with Crippen molar-refractivity contribution < 1.29 is 19.1 Å². The fraction of sp³-hybridized carbons (Fsp3) is 0.529. The maximum atomic E-state index is 14.0. The number of rotatable bonds is 2. The van der Waals surface area contributed by atoms with Gasteiger partial charge in [0.25, 0.3) is 5.91 Å². The second-order valence-electron chi connectivity index (χ2n) is 6.40. The molecule has 1 heterocycles. The van der Waals surface area contributed by atoms with E-state index in [-0.39, 0.29) is 17.5 Å². The van der Waals surface area contributed by atoms with Gasteiger partial charge in [0.05, 0.1) is 5.56 Å². The number of carboxylic acid groups (broad SMARTS) is 1. The van der Waals surface area contributed by atoms with Crippen molar-refractivity contribution in [1.82, 2.24) is 4.90 Å². The molecule has 1 saturated carbocycles. The Kier molecular flexibility index (Phi) is 3.89. The van der Waals surface area contributed by atoms with Gasteiger partial charge in [-0.25, -0.2) is 9.18 Å². The summed E-state index contributed by atoms with van der Waals surface area (Å²) in [6, 6.07) is 3.48. The van der Waals surface area contributed by atoms with E-state index in [1.54, 1.807) is 13.0 Å². The standard InChI is InChI=1S/C17H20FNO3/c1-10-6-7-13(18)12(8-10)16(20)19-14-5-3-2-4-11(14)9-15(19)17(21)22/h6-8,11,14-15H,2-5,9H2,1H3,(H,21,22). The number of hydrogen-bond donors (Lipinski definition) is 1. The van der Waals surface area contributed by atoms with Gasteiger partial charge in [-0.05, 0) is 44.2 Å². The first-order chi connectivity index (χ1) is 10.5. The van der Waals surface area contributed by atoms with Crippen LogP contribution in [-0.4, -0.2) is 34.0 Å². The number of carbonyl (C=O) groups is 2. The van der Waals surface area contributed by atoms with E-state index in [1.165, 1.54) is 17.0 Å². The fourth-order valence-electron chi connectivity index (χ4n) is 3.91. The molecule has 3 unspecified atom stereocenters. The molecule has 0 spiro atoms. The van der Waals surface area contributed by atoms with Gasteiger partial charge in [0.15, 0.2) is 0 Å².